The molecule has 5 heteroatoms. The molecule has 0 aromatic rings. The molecule has 5 nitrogen and oxygen atoms in total. The van der Waals surface area contributed by atoms with E-state index in [0.29, 0.717) is 25.4 Å². The molecule has 0 atom stereocenters. The SMILES string of the molecule is CC(C)NC(=O)CCCNC(=O)NC1CCCCC1. The van der Waals surface area contributed by atoms with Gasteiger partial charge in [0.15, 0.2) is 0 Å². The molecule has 0 spiro atoms. The fourth-order valence-corrected chi connectivity index (χ4v) is 2.33. The standard InChI is InChI=1S/C14H27N3O2/c1-11(2)16-13(18)9-6-10-15-14(19)17-12-7-4-3-5-8-12/h11-12H,3-10H2,1-2H3,(H,16,18)(H2,15,17,19). The van der Waals surface area contributed by atoms with Crippen LogP contribution in [0.2, 0.25) is 0 Å². The molecule has 3 amide bonds. The Labute approximate surface area is 115 Å². The molecule has 19 heavy (non-hydrogen) atoms. The monoisotopic (exact) mass is 269 g/mol. The molecule has 0 aliphatic heterocycles. The molecule has 3 N–H and O–H groups in total. The molecule has 1 aliphatic carbocycles. The first kappa shape index (κ1) is 15.8. The summed E-state index contributed by atoms with van der Waals surface area (Å²) in [4.78, 5) is 23.0. The van der Waals surface area contributed by atoms with Crippen LogP contribution in [0.15, 0.2) is 0 Å². The third-order valence-electron chi connectivity index (χ3n) is 3.26. The summed E-state index contributed by atoms with van der Waals surface area (Å²) in [5.41, 5.74) is 0. The average molecular weight is 269 g/mol. The highest BCUT2D eigenvalue weighted by molar-refractivity contribution is 5.76. The lowest BCUT2D eigenvalue weighted by atomic mass is 9.96. The molecule has 0 aromatic heterocycles. The lowest BCUT2D eigenvalue weighted by Crippen LogP contribution is -2.43. The number of urea groups is 1. The van der Waals surface area contributed by atoms with Crippen molar-refractivity contribution in [1.82, 2.24) is 16.0 Å². The predicted molar refractivity (Wildman–Crippen MR) is 75.9 cm³/mol. The largest absolute Gasteiger partial charge is 0.354 e. The molecule has 0 heterocycles. The number of nitrogens with one attached hydrogen (secondary N) is 3. The minimum Gasteiger partial charge on any atom is -0.354 e. The Hall–Kier alpha value is -1.26. The van der Waals surface area contributed by atoms with Gasteiger partial charge in [0.25, 0.3) is 0 Å². The Bertz CT molecular complexity index is 286. The summed E-state index contributed by atoms with van der Waals surface area (Å²) in [6.07, 6.45) is 7.01. The molecular formula is C14H27N3O2. The van der Waals surface area contributed by atoms with Crippen LogP contribution < -0.4 is 16.0 Å². The molecule has 0 saturated heterocycles. The van der Waals surface area contributed by atoms with Crippen LogP contribution in [-0.4, -0.2) is 30.6 Å². The summed E-state index contributed by atoms with van der Waals surface area (Å²) in [6.45, 7) is 4.42. The first-order chi connectivity index (χ1) is 9.08. The Balaban J connectivity index is 2.02. The van der Waals surface area contributed by atoms with Crippen LogP contribution >= 0.6 is 0 Å². The van der Waals surface area contributed by atoms with Gasteiger partial charge in [0.1, 0.15) is 0 Å². The van der Waals surface area contributed by atoms with E-state index in [1.807, 2.05) is 13.8 Å². The van der Waals surface area contributed by atoms with Crippen LogP contribution in [0.4, 0.5) is 4.79 Å². The molecule has 0 bridgehead atoms. The van der Waals surface area contributed by atoms with Gasteiger partial charge in [-0.05, 0) is 33.1 Å². The Morgan fingerprint density at radius 1 is 1.16 bits per heavy atom. The zero-order chi connectivity index (χ0) is 14.1. The van der Waals surface area contributed by atoms with Gasteiger partial charge in [0.05, 0.1) is 0 Å². The average Bonchev–Trinajstić information content (AvgIpc) is 2.35. The van der Waals surface area contributed by atoms with Crippen LogP contribution in [0.25, 0.3) is 0 Å². The second-order valence-corrected chi connectivity index (χ2v) is 5.56. The van der Waals surface area contributed by atoms with Crippen molar-refractivity contribution >= 4 is 11.9 Å². The van der Waals surface area contributed by atoms with Crippen molar-refractivity contribution in [2.45, 2.75) is 70.9 Å². The molecule has 1 saturated carbocycles. The lowest BCUT2D eigenvalue weighted by molar-refractivity contribution is -0.121. The summed E-state index contributed by atoms with van der Waals surface area (Å²) in [7, 11) is 0. The third-order valence-corrected chi connectivity index (χ3v) is 3.26. The van der Waals surface area contributed by atoms with Gasteiger partial charge in [0.2, 0.25) is 5.91 Å². The summed E-state index contributed by atoms with van der Waals surface area (Å²) in [5.74, 6) is 0.0458. The second kappa shape index (κ2) is 8.77. The number of hydrogen-bond acceptors (Lipinski definition) is 2. The van der Waals surface area contributed by atoms with Gasteiger partial charge in [-0.1, -0.05) is 19.3 Å². The quantitative estimate of drug-likeness (QED) is 0.645. The van der Waals surface area contributed by atoms with E-state index in [-0.39, 0.29) is 18.0 Å². The second-order valence-electron chi connectivity index (χ2n) is 5.56. The van der Waals surface area contributed by atoms with Gasteiger partial charge in [-0.25, -0.2) is 4.79 Å². The number of carbonyl (C=O) groups is 2. The number of rotatable bonds is 6. The maximum Gasteiger partial charge on any atom is 0.315 e. The topological polar surface area (TPSA) is 70.2 Å². The van der Waals surface area contributed by atoms with E-state index in [2.05, 4.69) is 16.0 Å². The smallest absolute Gasteiger partial charge is 0.315 e. The molecular weight excluding hydrogens is 242 g/mol. The van der Waals surface area contributed by atoms with Crippen LogP contribution in [-0.2, 0) is 4.79 Å². The number of carbonyl (C=O) groups excluding carboxylic acids is 2. The third kappa shape index (κ3) is 7.70. The lowest BCUT2D eigenvalue weighted by Gasteiger charge is -2.22. The predicted octanol–water partition coefficient (Wildman–Crippen LogP) is 1.92. The highest BCUT2D eigenvalue weighted by atomic mass is 16.2. The molecule has 0 radical (unpaired) electrons. The van der Waals surface area contributed by atoms with Gasteiger partial charge < -0.3 is 16.0 Å². The van der Waals surface area contributed by atoms with Gasteiger partial charge in [0, 0.05) is 25.0 Å². The van der Waals surface area contributed by atoms with Crippen LogP contribution in [0.1, 0.15) is 58.8 Å². The summed E-state index contributed by atoms with van der Waals surface area (Å²) < 4.78 is 0. The van der Waals surface area contributed by atoms with E-state index in [4.69, 9.17) is 0 Å². The Morgan fingerprint density at radius 2 is 1.84 bits per heavy atom. The zero-order valence-electron chi connectivity index (χ0n) is 12.1. The fraction of sp³-hybridized carbons (Fsp3) is 0.857. The van der Waals surface area contributed by atoms with Crippen molar-refractivity contribution in [3.05, 3.63) is 0 Å². The highest BCUT2D eigenvalue weighted by Gasteiger charge is 2.15. The summed E-state index contributed by atoms with van der Waals surface area (Å²) in [5, 5.41) is 8.63. The van der Waals surface area contributed by atoms with Crippen molar-refractivity contribution in [1.29, 1.82) is 0 Å². The molecule has 1 rings (SSSR count). The van der Waals surface area contributed by atoms with Crippen molar-refractivity contribution in [2.75, 3.05) is 6.54 Å². The van der Waals surface area contributed by atoms with Crippen molar-refractivity contribution < 1.29 is 9.59 Å². The first-order valence-electron chi connectivity index (χ1n) is 7.41. The van der Waals surface area contributed by atoms with E-state index < -0.39 is 0 Å². The molecule has 110 valence electrons. The van der Waals surface area contributed by atoms with Gasteiger partial charge >= 0.3 is 6.03 Å². The minimum absolute atomic E-state index is 0.0458. The van der Waals surface area contributed by atoms with E-state index >= 15 is 0 Å². The van der Waals surface area contributed by atoms with E-state index in [1.165, 1.54) is 19.3 Å². The first-order valence-corrected chi connectivity index (χ1v) is 7.41. The fourth-order valence-electron chi connectivity index (χ4n) is 2.33. The van der Waals surface area contributed by atoms with Crippen LogP contribution in [0.5, 0.6) is 0 Å². The van der Waals surface area contributed by atoms with Gasteiger partial charge in [-0.3, -0.25) is 4.79 Å². The normalized spacial score (nSPS) is 16.2. The molecule has 1 aliphatic rings. The minimum atomic E-state index is -0.101. The Morgan fingerprint density at radius 3 is 2.47 bits per heavy atom. The van der Waals surface area contributed by atoms with Gasteiger partial charge in [-0.2, -0.15) is 0 Å². The maximum absolute atomic E-state index is 11.6. The Kier molecular flexibility index (Phi) is 7.30. The number of amides is 3. The maximum atomic E-state index is 11.6. The van der Waals surface area contributed by atoms with Crippen LogP contribution in [0, 0.1) is 0 Å². The molecule has 1 fully saturated rings. The summed E-state index contributed by atoms with van der Waals surface area (Å²) >= 11 is 0. The van der Waals surface area contributed by atoms with Crippen LogP contribution in [0.3, 0.4) is 0 Å². The van der Waals surface area contributed by atoms with E-state index in [0.717, 1.165) is 12.8 Å². The highest BCUT2D eigenvalue weighted by Crippen LogP contribution is 2.17. The number of hydrogen-bond donors (Lipinski definition) is 3. The molecule has 0 aromatic carbocycles. The van der Waals surface area contributed by atoms with E-state index in [1.54, 1.807) is 0 Å². The van der Waals surface area contributed by atoms with Crippen molar-refractivity contribution in [3.63, 3.8) is 0 Å². The van der Waals surface area contributed by atoms with Crippen molar-refractivity contribution in [2.24, 2.45) is 0 Å². The van der Waals surface area contributed by atoms with Gasteiger partial charge in [-0.15, -0.1) is 0 Å². The summed E-state index contributed by atoms with van der Waals surface area (Å²) in [6, 6.07) is 0.407. The van der Waals surface area contributed by atoms with Crippen molar-refractivity contribution in [3.8, 4) is 0 Å². The zero-order valence-corrected chi connectivity index (χ0v) is 12.1. The van der Waals surface area contributed by atoms with E-state index in [9.17, 15) is 9.59 Å². The molecule has 0 unspecified atom stereocenters.